The molecule has 1 aliphatic heterocycles. The van der Waals surface area contributed by atoms with Gasteiger partial charge in [-0.25, -0.2) is 4.39 Å². The Kier molecular flexibility index (Phi) is 4.28. The van der Waals surface area contributed by atoms with E-state index < -0.39 is 0 Å². The van der Waals surface area contributed by atoms with Crippen molar-refractivity contribution in [1.29, 1.82) is 0 Å². The smallest absolute Gasteiger partial charge is 0.279 e. The molecule has 116 valence electrons. The van der Waals surface area contributed by atoms with E-state index in [1.165, 1.54) is 18.3 Å². The summed E-state index contributed by atoms with van der Waals surface area (Å²) >= 11 is 0. The molecule has 0 radical (unpaired) electrons. The molecule has 4 nitrogen and oxygen atoms in total. The monoisotopic (exact) mass is 309 g/mol. The zero-order valence-corrected chi connectivity index (χ0v) is 12.7. The van der Waals surface area contributed by atoms with Gasteiger partial charge in [0.1, 0.15) is 5.82 Å². The molecule has 3 rings (SSSR count). The lowest BCUT2D eigenvalue weighted by atomic mass is 10.1. The third kappa shape index (κ3) is 3.04. The third-order valence-corrected chi connectivity index (χ3v) is 3.58. The van der Waals surface area contributed by atoms with Crippen molar-refractivity contribution in [3.05, 3.63) is 65.5 Å². The normalized spacial score (nSPS) is 15.7. The molecular formula is C18H16FN3O. The minimum Gasteiger partial charge on any atom is -0.306 e. The molecule has 0 N–H and O–H groups in total. The number of fused-ring (bicyclic) bond motifs is 1. The maximum Gasteiger partial charge on any atom is 0.279 e. The molecule has 0 unspecified atom stereocenters. The van der Waals surface area contributed by atoms with Crippen LogP contribution >= 0.6 is 0 Å². The first-order valence-electron chi connectivity index (χ1n) is 7.48. The molecule has 1 amide bonds. The van der Waals surface area contributed by atoms with Gasteiger partial charge in [0.2, 0.25) is 0 Å². The van der Waals surface area contributed by atoms with Crippen molar-refractivity contribution in [3.8, 4) is 0 Å². The number of halogens is 1. The molecule has 1 aliphatic rings. The van der Waals surface area contributed by atoms with Crippen LogP contribution in [0.1, 0.15) is 24.5 Å². The van der Waals surface area contributed by atoms with E-state index in [0.29, 0.717) is 12.3 Å². The Morgan fingerprint density at radius 2 is 1.87 bits per heavy atom. The summed E-state index contributed by atoms with van der Waals surface area (Å²) in [6.45, 7) is 2.67. The van der Waals surface area contributed by atoms with Crippen LogP contribution in [0.2, 0.25) is 0 Å². The summed E-state index contributed by atoms with van der Waals surface area (Å²) in [5.74, 6) is -0.437. The molecule has 1 heterocycles. The fourth-order valence-corrected chi connectivity index (χ4v) is 2.51. The lowest BCUT2D eigenvalue weighted by Crippen LogP contribution is -2.30. The Labute approximate surface area is 134 Å². The van der Waals surface area contributed by atoms with Gasteiger partial charge in [-0.05, 0) is 30.2 Å². The van der Waals surface area contributed by atoms with E-state index in [2.05, 4.69) is 10.2 Å². The third-order valence-electron chi connectivity index (χ3n) is 3.58. The van der Waals surface area contributed by atoms with Crippen LogP contribution in [0.3, 0.4) is 0 Å². The van der Waals surface area contributed by atoms with Crippen molar-refractivity contribution in [3.63, 3.8) is 0 Å². The summed E-state index contributed by atoms with van der Waals surface area (Å²) in [7, 11) is 0. The Morgan fingerprint density at radius 1 is 1.13 bits per heavy atom. The minimum atomic E-state index is -0.302. The molecule has 0 atom stereocenters. The van der Waals surface area contributed by atoms with Crippen molar-refractivity contribution in [1.82, 2.24) is 0 Å². The van der Waals surface area contributed by atoms with E-state index in [0.717, 1.165) is 23.2 Å². The Hall–Kier alpha value is -2.82. The number of carbonyl (C=O) groups excluding carboxylic acids is 1. The molecule has 2 aromatic rings. The van der Waals surface area contributed by atoms with Crippen LogP contribution in [0.15, 0.2) is 58.7 Å². The quantitative estimate of drug-likeness (QED) is 0.630. The van der Waals surface area contributed by atoms with E-state index >= 15 is 0 Å². The lowest BCUT2D eigenvalue weighted by molar-refractivity contribution is -0.112. The highest BCUT2D eigenvalue weighted by molar-refractivity contribution is 6.54. The highest BCUT2D eigenvalue weighted by Gasteiger charge is 2.33. The number of rotatable bonds is 4. The first-order valence-corrected chi connectivity index (χ1v) is 7.48. The van der Waals surface area contributed by atoms with Crippen LogP contribution in [-0.4, -0.2) is 24.4 Å². The lowest BCUT2D eigenvalue weighted by Gasteiger charge is -2.14. The number of para-hydroxylation sites is 1. The van der Waals surface area contributed by atoms with E-state index in [1.54, 1.807) is 17.0 Å². The molecule has 2 aromatic carbocycles. The standard InChI is InChI=1S/C18H16FN3O/c1-2-11-22-16-6-4-3-5-15(16)17(18(22)23)21-20-12-13-7-9-14(19)10-8-13/h3-10,12H,2,11H2,1H3/b20-12-,21-17+. The van der Waals surface area contributed by atoms with Gasteiger partial charge in [-0.15, -0.1) is 5.10 Å². The van der Waals surface area contributed by atoms with E-state index in [-0.39, 0.29) is 11.7 Å². The summed E-state index contributed by atoms with van der Waals surface area (Å²) < 4.78 is 12.9. The first kappa shape index (κ1) is 15.1. The number of benzene rings is 2. The van der Waals surface area contributed by atoms with Crippen molar-refractivity contribution < 1.29 is 9.18 Å². The van der Waals surface area contributed by atoms with Crippen molar-refractivity contribution >= 4 is 23.5 Å². The maximum absolute atomic E-state index is 12.9. The van der Waals surface area contributed by atoms with Gasteiger partial charge in [-0.3, -0.25) is 4.79 Å². The van der Waals surface area contributed by atoms with Gasteiger partial charge in [0, 0.05) is 12.1 Å². The molecule has 0 saturated carbocycles. The summed E-state index contributed by atoms with van der Waals surface area (Å²) in [6.07, 6.45) is 2.37. The molecule has 0 saturated heterocycles. The number of hydrogen-bond acceptors (Lipinski definition) is 3. The molecular weight excluding hydrogens is 293 g/mol. The predicted molar refractivity (Wildman–Crippen MR) is 89.6 cm³/mol. The topological polar surface area (TPSA) is 45.0 Å². The van der Waals surface area contributed by atoms with Gasteiger partial charge >= 0.3 is 0 Å². The summed E-state index contributed by atoms with van der Waals surface area (Å²) in [6, 6.07) is 13.5. The van der Waals surface area contributed by atoms with E-state index in [9.17, 15) is 9.18 Å². The van der Waals surface area contributed by atoms with Crippen molar-refractivity contribution in [2.45, 2.75) is 13.3 Å². The average molecular weight is 309 g/mol. The zero-order chi connectivity index (χ0) is 16.2. The van der Waals surface area contributed by atoms with Gasteiger partial charge in [-0.2, -0.15) is 5.10 Å². The molecule has 5 heteroatoms. The number of anilines is 1. The van der Waals surface area contributed by atoms with Crippen molar-refractivity contribution in [2.24, 2.45) is 10.2 Å². The van der Waals surface area contributed by atoms with Crippen LogP contribution < -0.4 is 4.90 Å². The first-order chi connectivity index (χ1) is 11.2. The van der Waals surface area contributed by atoms with Gasteiger partial charge in [0.15, 0.2) is 5.71 Å². The minimum absolute atomic E-state index is 0.135. The molecule has 0 aliphatic carbocycles. The highest BCUT2D eigenvalue weighted by atomic mass is 19.1. The number of amides is 1. The van der Waals surface area contributed by atoms with E-state index in [4.69, 9.17) is 0 Å². The summed E-state index contributed by atoms with van der Waals surface area (Å²) in [5, 5.41) is 8.09. The van der Waals surface area contributed by atoms with Gasteiger partial charge in [-0.1, -0.05) is 37.3 Å². The van der Waals surface area contributed by atoms with E-state index in [1.807, 2.05) is 31.2 Å². The second-order valence-electron chi connectivity index (χ2n) is 5.22. The molecule has 23 heavy (non-hydrogen) atoms. The van der Waals surface area contributed by atoms with Crippen molar-refractivity contribution in [2.75, 3.05) is 11.4 Å². The van der Waals surface area contributed by atoms with Crippen LogP contribution in [0.4, 0.5) is 10.1 Å². The van der Waals surface area contributed by atoms with Gasteiger partial charge < -0.3 is 4.90 Å². The number of carbonyl (C=O) groups is 1. The second-order valence-corrected chi connectivity index (χ2v) is 5.22. The Balaban J connectivity index is 1.89. The van der Waals surface area contributed by atoms with Gasteiger partial charge in [0.05, 0.1) is 11.9 Å². The second kappa shape index (κ2) is 6.52. The fourth-order valence-electron chi connectivity index (χ4n) is 2.51. The number of nitrogens with zero attached hydrogens (tertiary/aromatic N) is 3. The van der Waals surface area contributed by atoms with Crippen LogP contribution in [0.5, 0.6) is 0 Å². The molecule has 0 aromatic heterocycles. The SMILES string of the molecule is CCCN1C(=O)/C(=N/N=C\c2ccc(F)cc2)c2ccccc21. The largest absolute Gasteiger partial charge is 0.306 e. The maximum atomic E-state index is 12.9. The van der Waals surface area contributed by atoms with Gasteiger partial charge in [0.25, 0.3) is 5.91 Å². The fraction of sp³-hybridized carbons (Fsp3) is 0.167. The molecule has 0 fully saturated rings. The molecule has 0 bridgehead atoms. The Bertz CT molecular complexity index is 781. The van der Waals surface area contributed by atoms with Crippen LogP contribution in [0.25, 0.3) is 0 Å². The highest BCUT2D eigenvalue weighted by Crippen LogP contribution is 2.29. The average Bonchev–Trinajstić information content (AvgIpc) is 2.83. The van der Waals surface area contributed by atoms with Crippen LogP contribution in [0, 0.1) is 5.82 Å². The zero-order valence-electron chi connectivity index (χ0n) is 12.7. The van der Waals surface area contributed by atoms with Crippen LogP contribution in [-0.2, 0) is 4.79 Å². The molecule has 0 spiro atoms. The summed E-state index contributed by atoms with van der Waals surface area (Å²) in [5.41, 5.74) is 2.73. The Morgan fingerprint density at radius 3 is 2.61 bits per heavy atom. The number of hydrogen-bond donors (Lipinski definition) is 0. The predicted octanol–water partition coefficient (Wildman–Crippen LogP) is 3.41. The summed E-state index contributed by atoms with van der Waals surface area (Å²) in [4.78, 5) is 14.2.